The minimum Gasteiger partial charge on any atom is -0.347 e. The first-order valence-electron chi connectivity index (χ1n) is 11.1. The lowest BCUT2D eigenvalue weighted by Gasteiger charge is -2.42. The van der Waals surface area contributed by atoms with Crippen molar-refractivity contribution in [2.24, 2.45) is 13.0 Å². The van der Waals surface area contributed by atoms with E-state index in [4.69, 9.17) is 0 Å². The smallest absolute Gasteiger partial charge is 0.270 e. The van der Waals surface area contributed by atoms with Crippen LogP contribution < -0.4 is 0 Å². The van der Waals surface area contributed by atoms with E-state index in [2.05, 4.69) is 9.80 Å². The summed E-state index contributed by atoms with van der Waals surface area (Å²) in [6, 6.07) is 3.96. The molecule has 0 radical (unpaired) electrons. The minimum atomic E-state index is 0.0905. The molecular formula is C22H34N4O2. The number of likely N-dealkylation sites (tertiary alicyclic amines) is 2. The van der Waals surface area contributed by atoms with E-state index in [9.17, 15) is 9.59 Å². The molecule has 1 unspecified atom stereocenters. The Labute approximate surface area is 168 Å². The van der Waals surface area contributed by atoms with Crippen LogP contribution in [0.1, 0.15) is 55.4 Å². The molecule has 3 aliphatic rings. The standard InChI is InChI=1S/C22H34N4O2/c1-23-11-6-10-20(23)22(28)25-14-5-9-19(17-25)26(21(27)18-7-4-8-18)16-15-24-12-2-3-13-24/h6,10-11,18-19H,2-5,7-9,12-17H2,1H3. The molecule has 0 N–H and O–H groups in total. The number of piperidine rings is 1. The second kappa shape index (κ2) is 8.68. The summed E-state index contributed by atoms with van der Waals surface area (Å²) in [6.07, 6.45) is 9.71. The second-order valence-corrected chi connectivity index (χ2v) is 8.76. The third-order valence-electron chi connectivity index (χ3n) is 6.88. The van der Waals surface area contributed by atoms with Crippen LogP contribution >= 0.6 is 0 Å². The number of aromatic nitrogens is 1. The van der Waals surface area contributed by atoms with Crippen LogP contribution in [-0.4, -0.2) is 76.4 Å². The quantitative estimate of drug-likeness (QED) is 0.754. The van der Waals surface area contributed by atoms with Gasteiger partial charge in [0.15, 0.2) is 0 Å². The third-order valence-corrected chi connectivity index (χ3v) is 6.88. The summed E-state index contributed by atoms with van der Waals surface area (Å²) in [7, 11) is 1.91. The van der Waals surface area contributed by atoms with Gasteiger partial charge in [0.2, 0.25) is 5.91 Å². The Hall–Kier alpha value is -1.82. The number of hydrogen-bond acceptors (Lipinski definition) is 3. The van der Waals surface area contributed by atoms with Gasteiger partial charge >= 0.3 is 0 Å². The molecule has 1 atom stereocenters. The van der Waals surface area contributed by atoms with E-state index in [0.29, 0.717) is 12.5 Å². The van der Waals surface area contributed by atoms with Crippen molar-refractivity contribution >= 4 is 11.8 Å². The maximum atomic E-state index is 13.2. The number of hydrogen-bond donors (Lipinski definition) is 0. The van der Waals surface area contributed by atoms with Crippen LogP contribution in [0.15, 0.2) is 18.3 Å². The van der Waals surface area contributed by atoms with Crippen LogP contribution in [0.4, 0.5) is 0 Å². The predicted molar refractivity (Wildman–Crippen MR) is 109 cm³/mol. The highest BCUT2D eigenvalue weighted by molar-refractivity contribution is 5.93. The molecule has 28 heavy (non-hydrogen) atoms. The van der Waals surface area contributed by atoms with E-state index in [0.717, 1.165) is 64.1 Å². The zero-order valence-electron chi connectivity index (χ0n) is 17.2. The Morgan fingerprint density at radius 2 is 1.86 bits per heavy atom. The number of rotatable bonds is 6. The molecule has 0 spiro atoms. The van der Waals surface area contributed by atoms with Gasteiger partial charge in [-0.25, -0.2) is 0 Å². The van der Waals surface area contributed by atoms with E-state index in [-0.39, 0.29) is 17.9 Å². The number of amides is 2. The number of carbonyl (C=O) groups excluding carboxylic acids is 2. The SMILES string of the molecule is Cn1cccc1C(=O)N1CCCC(N(CCN2CCCC2)C(=O)C2CCC2)C1. The van der Waals surface area contributed by atoms with Gasteiger partial charge in [0.05, 0.1) is 0 Å². The topological polar surface area (TPSA) is 48.8 Å². The van der Waals surface area contributed by atoms with Crippen LogP contribution in [0.2, 0.25) is 0 Å². The average Bonchev–Trinajstić information content (AvgIpc) is 3.32. The van der Waals surface area contributed by atoms with Crippen molar-refractivity contribution in [1.29, 1.82) is 0 Å². The van der Waals surface area contributed by atoms with Gasteiger partial charge in [-0.3, -0.25) is 9.59 Å². The molecule has 6 heteroatoms. The van der Waals surface area contributed by atoms with Crippen LogP contribution in [0, 0.1) is 5.92 Å². The molecule has 3 heterocycles. The summed E-state index contributed by atoms with van der Waals surface area (Å²) in [5, 5.41) is 0. The summed E-state index contributed by atoms with van der Waals surface area (Å²) in [4.78, 5) is 32.8. The van der Waals surface area contributed by atoms with E-state index in [1.807, 2.05) is 34.8 Å². The molecule has 3 fully saturated rings. The molecule has 2 amide bonds. The number of aryl methyl sites for hydroxylation is 1. The highest BCUT2D eigenvalue weighted by atomic mass is 16.2. The fourth-order valence-electron chi connectivity index (χ4n) is 4.86. The van der Waals surface area contributed by atoms with Gasteiger partial charge in [-0.05, 0) is 63.7 Å². The lowest BCUT2D eigenvalue weighted by molar-refractivity contribution is -0.141. The Balaban J connectivity index is 1.44. The lowest BCUT2D eigenvalue weighted by atomic mass is 9.83. The summed E-state index contributed by atoms with van der Waals surface area (Å²) >= 11 is 0. The maximum Gasteiger partial charge on any atom is 0.270 e. The van der Waals surface area contributed by atoms with Crippen LogP contribution in [0.3, 0.4) is 0 Å². The first kappa shape index (κ1) is 19.5. The molecule has 6 nitrogen and oxygen atoms in total. The van der Waals surface area contributed by atoms with Gasteiger partial charge in [0.25, 0.3) is 5.91 Å². The Kier molecular flexibility index (Phi) is 6.04. The summed E-state index contributed by atoms with van der Waals surface area (Å²) in [6.45, 7) is 5.57. The summed E-state index contributed by atoms with van der Waals surface area (Å²) < 4.78 is 1.89. The van der Waals surface area contributed by atoms with E-state index < -0.39 is 0 Å². The molecule has 2 saturated heterocycles. The average molecular weight is 387 g/mol. The molecule has 2 aliphatic heterocycles. The van der Waals surface area contributed by atoms with Gasteiger partial charge in [0.1, 0.15) is 5.69 Å². The van der Waals surface area contributed by atoms with Crippen molar-refractivity contribution in [2.45, 2.75) is 51.0 Å². The zero-order valence-corrected chi connectivity index (χ0v) is 17.2. The largest absolute Gasteiger partial charge is 0.347 e. The van der Waals surface area contributed by atoms with Crippen molar-refractivity contribution in [2.75, 3.05) is 39.3 Å². The molecule has 4 rings (SSSR count). The summed E-state index contributed by atoms with van der Waals surface area (Å²) in [5.74, 6) is 0.647. The van der Waals surface area contributed by atoms with E-state index >= 15 is 0 Å². The Morgan fingerprint density at radius 1 is 1.07 bits per heavy atom. The van der Waals surface area contributed by atoms with Crippen molar-refractivity contribution in [3.63, 3.8) is 0 Å². The molecule has 0 bridgehead atoms. The fourth-order valence-corrected chi connectivity index (χ4v) is 4.86. The number of carbonyl (C=O) groups is 2. The molecule has 0 aromatic carbocycles. The first-order chi connectivity index (χ1) is 13.6. The van der Waals surface area contributed by atoms with Gasteiger partial charge < -0.3 is 19.3 Å². The minimum absolute atomic E-state index is 0.0905. The van der Waals surface area contributed by atoms with Crippen LogP contribution in [0.5, 0.6) is 0 Å². The summed E-state index contributed by atoms with van der Waals surface area (Å²) in [5.41, 5.74) is 0.731. The maximum absolute atomic E-state index is 13.2. The van der Waals surface area contributed by atoms with Gasteiger partial charge in [-0.2, -0.15) is 0 Å². The van der Waals surface area contributed by atoms with Gasteiger partial charge in [-0.1, -0.05) is 6.42 Å². The van der Waals surface area contributed by atoms with Gasteiger partial charge in [0, 0.05) is 51.4 Å². The van der Waals surface area contributed by atoms with E-state index in [1.165, 1.54) is 19.3 Å². The highest BCUT2D eigenvalue weighted by Gasteiger charge is 2.36. The normalized spacial score (nSPS) is 23.6. The van der Waals surface area contributed by atoms with Crippen LogP contribution in [-0.2, 0) is 11.8 Å². The molecule has 1 aromatic rings. The number of nitrogens with zero attached hydrogens (tertiary/aromatic N) is 4. The monoisotopic (exact) mass is 386 g/mol. The zero-order chi connectivity index (χ0) is 19.5. The lowest BCUT2D eigenvalue weighted by Crippen LogP contribution is -2.55. The fraction of sp³-hybridized carbons (Fsp3) is 0.727. The van der Waals surface area contributed by atoms with Crippen molar-refractivity contribution in [3.05, 3.63) is 24.0 Å². The molecule has 1 aromatic heterocycles. The first-order valence-corrected chi connectivity index (χ1v) is 11.1. The Bertz CT molecular complexity index is 690. The molecule has 1 aliphatic carbocycles. The van der Waals surface area contributed by atoms with Crippen molar-refractivity contribution in [3.8, 4) is 0 Å². The van der Waals surface area contributed by atoms with Crippen molar-refractivity contribution in [1.82, 2.24) is 19.3 Å². The third kappa shape index (κ3) is 4.12. The second-order valence-electron chi connectivity index (χ2n) is 8.76. The Morgan fingerprint density at radius 3 is 2.50 bits per heavy atom. The van der Waals surface area contributed by atoms with Gasteiger partial charge in [-0.15, -0.1) is 0 Å². The van der Waals surface area contributed by atoms with E-state index in [1.54, 1.807) is 0 Å². The highest BCUT2D eigenvalue weighted by Crippen LogP contribution is 2.30. The molecule has 154 valence electrons. The predicted octanol–water partition coefficient (Wildman–Crippen LogP) is 2.35. The van der Waals surface area contributed by atoms with Crippen molar-refractivity contribution < 1.29 is 9.59 Å². The molecular weight excluding hydrogens is 352 g/mol. The molecule has 1 saturated carbocycles. The van der Waals surface area contributed by atoms with Crippen LogP contribution in [0.25, 0.3) is 0 Å².